The van der Waals surface area contributed by atoms with E-state index in [4.69, 9.17) is 4.74 Å². The average Bonchev–Trinajstić information content (AvgIpc) is 2.54. The average molecular weight is 335 g/mol. The maximum absolute atomic E-state index is 12.0. The third kappa shape index (κ3) is 4.68. The summed E-state index contributed by atoms with van der Waals surface area (Å²) in [6.07, 6.45) is 1.38. The molecule has 2 rings (SSSR count). The molecule has 1 aliphatic rings. The minimum Gasteiger partial charge on any atom is -0.477 e. The van der Waals surface area contributed by atoms with E-state index in [1.54, 1.807) is 17.9 Å². The first-order valence-corrected chi connectivity index (χ1v) is 7.79. The fourth-order valence-electron chi connectivity index (χ4n) is 2.64. The molecular weight excluding hydrogens is 314 g/mol. The van der Waals surface area contributed by atoms with E-state index in [0.717, 1.165) is 5.56 Å². The number of likely N-dealkylation sites (tertiary alicyclic amines) is 1. The number of benzene rings is 1. The summed E-state index contributed by atoms with van der Waals surface area (Å²) in [5, 5.41) is 13.9. The molecule has 8 heteroatoms. The van der Waals surface area contributed by atoms with Gasteiger partial charge in [0.25, 0.3) is 5.91 Å². The number of amides is 2. The van der Waals surface area contributed by atoms with Gasteiger partial charge in [-0.25, -0.2) is 0 Å². The molecule has 1 saturated heterocycles. The van der Waals surface area contributed by atoms with Gasteiger partial charge in [-0.3, -0.25) is 19.7 Å². The number of carbonyl (C=O) groups is 2. The fourth-order valence-corrected chi connectivity index (χ4v) is 2.64. The van der Waals surface area contributed by atoms with Gasteiger partial charge in [-0.15, -0.1) is 0 Å². The molecule has 0 unspecified atom stereocenters. The van der Waals surface area contributed by atoms with Gasteiger partial charge in [0.1, 0.15) is 0 Å². The Bertz CT molecular complexity index is 639. The van der Waals surface area contributed by atoms with Gasteiger partial charge in [-0.2, -0.15) is 0 Å². The molecule has 1 heterocycles. The molecule has 1 aliphatic heterocycles. The number of piperidine rings is 1. The molecule has 1 aromatic carbocycles. The molecule has 130 valence electrons. The molecule has 0 radical (unpaired) electrons. The molecule has 24 heavy (non-hydrogen) atoms. The molecule has 8 nitrogen and oxygen atoms in total. The third-order valence-corrected chi connectivity index (χ3v) is 3.98. The van der Waals surface area contributed by atoms with Crippen molar-refractivity contribution in [3.63, 3.8) is 0 Å². The summed E-state index contributed by atoms with van der Waals surface area (Å²) in [6.45, 7) is 4.23. The number of hydrogen-bond acceptors (Lipinski definition) is 5. The van der Waals surface area contributed by atoms with Crippen LogP contribution in [0.15, 0.2) is 18.2 Å². The Balaban J connectivity index is 1.84. The summed E-state index contributed by atoms with van der Waals surface area (Å²) in [7, 11) is 0. The van der Waals surface area contributed by atoms with E-state index in [2.05, 4.69) is 5.32 Å². The maximum Gasteiger partial charge on any atom is 0.311 e. The Morgan fingerprint density at radius 3 is 2.62 bits per heavy atom. The monoisotopic (exact) mass is 335 g/mol. The van der Waals surface area contributed by atoms with Crippen LogP contribution < -0.4 is 10.1 Å². The largest absolute Gasteiger partial charge is 0.477 e. The van der Waals surface area contributed by atoms with Crippen LogP contribution in [0.4, 0.5) is 5.69 Å². The normalized spacial score (nSPS) is 15.0. The number of rotatable bonds is 5. The van der Waals surface area contributed by atoms with Crippen LogP contribution in [0.5, 0.6) is 5.75 Å². The number of aryl methyl sites for hydroxylation is 1. The molecule has 1 fully saturated rings. The fraction of sp³-hybridized carbons (Fsp3) is 0.500. The van der Waals surface area contributed by atoms with Gasteiger partial charge in [0.05, 0.1) is 4.92 Å². The highest BCUT2D eigenvalue weighted by molar-refractivity contribution is 5.78. The lowest BCUT2D eigenvalue weighted by atomic mass is 10.1. The van der Waals surface area contributed by atoms with E-state index in [-0.39, 0.29) is 35.9 Å². The van der Waals surface area contributed by atoms with Crippen molar-refractivity contribution in [1.29, 1.82) is 0 Å². The van der Waals surface area contributed by atoms with Crippen LogP contribution in [-0.4, -0.2) is 47.4 Å². The Labute approximate surface area is 139 Å². The van der Waals surface area contributed by atoms with Crippen LogP contribution in [0.3, 0.4) is 0 Å². The number of hydrogen-bond donors (Lipinski definition) is 1. The Morgan fingerprint density at radius 1 is 1.38 bits per heavy atom. The van der Waals surface area contributed by atoms with Gasteiger partial charge in [-0.05, 0) is 31.4 Å². The van der Waals surface area contributed by atoms with E-state index >= 15 is 0 Å². The van der Waals surface area contributed by atoms with Crippen molar-refractivity contribution < 1.29 is 19.2 Å². The molecule has 1 aromatic rings. The highest BCUT2D eigenvalue weighted by Crippen LogP contribution is 2.27. The summed E-state index contributed by atoms with van der Waals surface area (Å²) >= 11 is 0. The SMILES string of the molecule is CC(=O)N1CCC(NC(=O)COc2ccc(C)cc2[N+](=O)[O-])CC1. The van der Waals surface area contributed by atoms with Crippen molar-refractivity contribution in [3.8, 4) is 5.75 Å². The second-order valence-electron chi connectivity index (χ2n) is 5.86. The molecular formula is C16H21N3O5. The molecule has 0 aromatic heterocycles. The first-order valence-electron chi connectivity index (χ1n) is 7.79. The van der Waals surface area contributed by atoms with Crippen LogP contribution >= 0.6 is 0 Å². The molecule has 0 atom stereocenters. The Hall–Kier alpha value is -2.64. The van der Waals surface area contributed by atoms with Gasteiger partial charge < -0.3 is 15.0 Å². The summed E-state index contributed by atoms with van der Waals surface area (Å²) in [4.78, 5) is 35.5. The summed E-state index contributed by atoms with van der Waals surface area (Å²) in [5.74, 6) is -0.215. The van der Waals surface area contributed by atoms with Crippen molar-refractivity contribution >= 4 is 17.5 Å². The lowest BCUT2D eigenvalue weighted by Crippen LogP contribution is -2.47. The van der Waals surface area contributed by atoms with E-state index in [9.17, 15) is 19.7 Å². The molecule has 1 N–H and O–H groups in total. The predicted octanol–water partition coefficient (Wildman–Crippen LogP) is 1.41. The van der Waals surface area contributed by atoms with E-state index in [0.29, 0.717) is 25.9 Å². The van der Waals surface area contributed by atoms with E-state index in [1.807, 2.05) is 0 Å². The van der Waals surface area contributed by atoms with Crippen molar-refractivity contribution in [2.75, 3.05) is 19.7 Å². The standard InChI is InChI=1S/C16H21N3O5/c1-11-3-4-15(14(9-11)19(22)23)24-10-16(21)17-13-5-7-18(8-6-13)12(2)20/h3-4,9,13H,5-8,10H2,1-2H3,(H,17,21). The van der Waals surface area contributed by atoms with Crippen LogP contribution in [-0.2, 0) is 9.59 Å². The highest BCUT2D eigenvalue weighted by atomic mass is 16.6. The van der Waals surface area contributed by atoms with Crippen molar-refractivity contribution in [1.82, 2.24) is 10.2 Å². The van der Waals surface area contributed by atoms with E-state index < -0.39 is 4.92 Å². The van der Waals surface area contributed by atoms with Gasteiger partial charge in [-0.1, -0.05) is 6.07 Å². The minimum atomic E-state index is -0.530. The number of nitro groups is 1. The third-order valence-electron chi connectivity index (χ3n) is 3.98. The maximum atomic E-state index is 12.0. The molecule has 0 aliphatic carbocycles. The van der Waals surface area contributed by atoms with Gasteiger partial charge in [0.15, 0.2) is 12.4 Å². The number of nitrogens with one attached hydrogen (secondary N) is 1. The smallest absolute Gasteiger partial charge is 0.311 e. The van der Waals surface area contributed by atoms with E-state index in [1.165, 1.54) is 19.1 Å². The van der Waals surface area contributed by atoms with Gasteiger partial charge >= 0.3 is 5.69 Å². The zero-order valence-electron chi connectivity index (χ0n) is 13.8. The Kier molecular flexibility index (Phi) is 5.73. The summed E-state index contributed by atoms with van der Waals surface area (Å²) < 4.78 is 5.30. The zero-order chi connectivity index (χ0) is 17.7. The van der Waals surface area contributed by atoms with Crippen LogP contribution in [0, 0.1) is 17.0 Å². The van der Waals surface area contributed by atoms with Crippen molar-refractivity contribution in [2.24, 2.45) is 0 Å². The Morgan fingerprint density at radius 2 is 2.04 bits per heavy atom. The van der Waals surface area contributed by atoms with Crippen LogP contribution in [0.25, 0.3) is 0 Å². The predicted molar refractivity (Wildman–Crippen MR) is 86.7 cm³/mol. The first-order chi connectivity index (χ1) is 11.4. The first kappa shape index (κ1) is 17.7. The summed E-state index contributed by atoms with van der Waals surface area (Å²) in [6, 6.07) is 4.58. The minimum absolute atomic E-state index is 0.00953. The number of nitro benzene ring substituents is 1. The molecule has 0 saturated carbocycles. The van der Waals surface area contributed by atoms with Crippen LogP contribution in [0.1, 0.15) is 25.3 Å². The van der Waals surface area contributed by atoms with Gasteiger partial charge in [0.2, 0.25) is 5.91 Å². The lowest BCUT2D eigenvalue weighted by Gasteiger charge is -2.31. The quantitative estimate of drug-likeness (QED) is 0.647. The second-order valence-corrected chi connectivity index (χ2v) is 5.86. The summed E-state index contributed by atoms with van der Waals surface area (Å²) in [5.41, 5.74) is 0.591. The number of nitrogens with zero attached hydrogens (tertiary/aromatic N) is 2. The van der Waals surface area contributed by atoms with Crippen molar-refractivity contribution in [2.45, 2.75) is 32.7 Å². The second kappa shape index (κ2) is 7.76. The van der Waals surface area contributed by atoms with Gasteiger partial charge in [0, 0.05) is 32.1 Å². The van der Waals surface area contributed by atoms with Crippen LogP contribution in [0.2, 0.25) is 0 Å². The molecule has 2 amide bonds. The number of carbonyl (C=O) groups excluding carboxylic acids is 2. The lowest BCUT2D eigenvalue weighted by molar-refractivity contribution is -0.385. The van der Waals surface area contributed by atoms with Crippen molar-refractivity contribution in [3.05, 3.63) is 33.9 Å². The molecule has 0 spiro atoms. The number of ether oxygens (including phenoxy) is 1. The topological polar surface area (TPSA) is 102 Å². The zero-order valence-corrected chi connectivity index (χ0v) is 13.8. The highest BCUT2D eigenvalue weighted by Gasteiger charge is 2.22. The molecule has 0 bridgehead atoms.